The van der Waals surface area contributed by atoms with Crippen LogP contribution >= 0.6 is 0 Å². The summed E-state index contributed by atoms with van der Waals surface area (Å²) >= 11 is 0. The van der Waals surface area contributed by atoms with Crippen LogP contribution in [0.15, 0.2) is 0 Å². The fourth-order valence-electron chi connectivity index (χ4n) is 0.968. The quantitative estimate of drug-likeness (QED) is 0.741. The van der Waals surface area contributed by atoms with Crippen LogP contribution in [0.3, 0.4) is 0 Å². The molecule has 8 heteroatoms. The van der Waals surface area contributed by atoms with Crippen LogP contribution in [0.1, 0.15) is 12.8 Å². The Hall–Kier alpha value is -0.340. The fraction of sp³-hybridized carbons (Fsp3) is 1.00. The van der Waals surface area contributed by atoms with Crippen molar-refractivity contribution in [3.05, 3.63) is 0 Å². The van der Waals surface area contributed by atoms with Crippen molar-refractivity contribution in [1.82, 2.24) is 0 Å². The van der Waals surface area contributed by atoms with E-state index in [1.807, 2.05) is 0 Å². The molecule has 1 aliphatic rings. The minimum absolute atomic E-state index is 0.208. The van der Waals surface area contributed by atoms with Crippen molar-refractivity contribution in [2.24, 2.45) is 5.14 Å². The summed E-state index contributed by atoms with van der Waals surface area (Å²) in [5.74, 6) is -3.79. The van der Waals surface area contributed by atoms with Crippen LogP contribution in [0.2, 0.25) is 0 Å². The molecule has 0 aromatic rings. The summed E-state index contributed by atoms with van der Waals surface area (Å²) in [7, 11) is -4.46. The third-order valence-electron chi connectivity index (χ3n) is 1.81. The Morgan fingerprint density at radius 1 is 1.46 bits per heavy atom. The van der Waals surface area contributed by atoms with E-state index in [9.17, 15) is 21.6 Å². The van der Waals surface area contributed by atoms with Gasteiger partial charge in [0.1, 0.15) is 0 Å². The topological polar surface area (TPSA) is 69.4 Å². The molecule has 0 amide bonds. The van der Waals surface area contributed by atoms with Crippen molar-refractivity contribution in [2.75, 3.05) is 6.67 Å². The van der Waals surface area contributed by atoms with Crippen LogP contribution in [0.4, 0.5) is 13.2 Å². The second-order valence-corrected chi connectivity index (χ2v) is 4.06. The molecule has 13 heavy (non-hydrogen) atoms. The van der Waals surface area contributed by atoms with Crippen LogP contribution in [0, 0.1) is 0 Å². The molecule has 1 rings (SSSR count). The maximum atomic E-state index is 12.7. The lowest BCUT2D eigenvalue weighted by atomic mass is 10.2. The highest BCUT2D eigenvalue weighted by atomic mass is 32.2. The van der Waals surface area contributed by atoms with Crippen LogP contribution in [-0.4, -0.2) is 26.6 Å². The number of alkyl halides is 3. The lowest BCUT2D eigenvalue weighted by Gasteiger charge is -2.22. The molecule has 4 nitrogen and oxygen atoms in total. The van der Waals surface area contributed by atoms with Crippen LogP contribution < -0.4 is 5.14 Å². The van der Waals surface area contributed by atoms with Crippen LogP contribution in [0.5, 0.6) is 0 Å². The van der Waals surface area contributed by atoms with Gasteiger partial charge in [-0.05, 0) is 12.8 Å². The van der Waals surface area contributed by atoms with Crippen LogP contribution in [-0.2, 0) is 14.5 Å². The summed E-state index contributed by atoms with van der Waals surface area (Å²) in [4.78, 5) is 0. The molecule has 0 bridgehead atoms. The average Bonchev–Trinajstić information content (AvgIpc) is 2.66. The molecule has 78 valence electrons. The van der Waals surface area contributed by atoms with Crippen molar-refractivity contribution in [3.63, 3.8) is 0 Å². The average molecular weight is 219 g/mol. The number of halogens is 3. The maximum Gasteiger partial charge on any atom is 0.334 e. The number of hydrogen-bond donors (Lipinski definition) is 1. The normalized spacial score (nSPS) is 21.5. The zero-order valence-corrected chi connectivity index (χ0v) is 7.28. The summed E-state index contributed by atoms with van der Waals surface area (Å²) in [6.07, 6.45) is -0.416. The zero-order chi connectivity index (χ0) is 10.3. The van der Waals surface area contributed by atoms with Crippen molar-refractivity contribution in [1.29, 1.82) is 0 Å². The Morgan fingerprint density at radius 2 is 1.92 bits per heavy atom. The summed E-state index contributed by atoms with van der Waals surface area (Å²) < 4.78 is 61.9. The summed E-state index contributed by atoms with van der Waals surface area (Å²) in [6, 6.07) is 0. The van der Waals surface area contributed by atoms with Crippen molar-refractivity contribution in [3.8, 4) is 0 Å². The SMILES string of the molecule is NS(=O)(=O)OC1(C(F)(F)CF)CC1. The standard InChI is InChI=1S/C5H8F3NO3S/c6-3-5(7,8)4(1-2-4)12-13(9,10)11/h1-3H2,(H2,9,10,11). The van der Waals surface area contributed by atoms with E-state index in [-0.39, 0.29) is 12.8 Å². The Labute approximate surface area is 73.1 Å². The Balaban J connectivity index is 2.79. The fourth-order valence-corrected chi connectivity index (χ4v) is 1.70. The van der Waals surface area contributed by atoms with Crippen LogP contribution in [0.25, 0.3) is 0 Å². The molecule has 0 radical (unpaired) electrons. The molecule has 0 unspecified atom stereocenters. The molecule has 0 heterocycles. The summed E-state index contributed by atoms with van der Waals surface area (Å²) in [5, 5.41) is 4.41. The van der Waals surface area contributed by atoms with Gasteiger partial charge in [-0.2, -0.15) is 8.42 Å². The molecular weight excluding hydrogens is 211 g/mol. The molecule has 0 aromatic heterocycles. The van der Waals surface area contributed by atoms with E-state index in [4.69, 9.17) is 0 Å². The molecule has 0 atom stereocenters. The van der Waals surface area contributed by atoms with E-state index in [1.54, 1.807) is 0 Å². The van der Waals surface area contributed by atoms with Gasteiger partial charge in [-0.15, -0.1) is 0 Å². The lowest BCUT2D eigenvalue weighted by molar-refractivity contribution is -0.122. The van der Waals surface area contributed by atoms with Gasteiger partial charge in [-0.3, -0.25) is 0 Å². The van der Waals surface area contributed by atoms with E-state index in [2.05, 4.69) is 9.32 Å². The van der Waals surface area contributed by atoms with Gasteiger partial charge in [0, 0.05) is 0 Å². The predicted molar refractivity (Wildman–Crippen MR) is 37.1 cm³/mol. The number of hydrogen-bond acceptors (Lipinski definition) is 3. The largest absolute Gasteiger partial charge is 0.334 e. The van der Waals surface area contributed by atoms with Gasteiger partial charge in [0.2, 0.25) is 0 Å². The first-order valence-electron chi connectivity index (χ1n) is 3.40. The first kappa shape index (κ1) is 10.7. The summed E-state index contributed by atoms with van der Waals surface area (Å²) in [6.45, 7) is -1.96. The van der Waals surface area contributed by atoms with Crippen molar-refractivity contribution >= 4 is 10.3 Å². The van der Waals surface area contributed by atoms with E-state index in [0.717, 1.165) is 0 Å². The summed E-state index contributed by atoms with van der Waals surface area (Å²) in [5.41, 5.74) is -2.24. The maximum absolute atomic E-state index is 12.7. The van der Waals surface area contributed by atoms with E-state index >= 15 is 0 Å². The molecule has 1 fully saturated rings. The highest BCUT2D eigenvalue weighted by Gasteiger charge is 2.65. The van der Waals surface area contributed by atoms with Gasteiger partial charge in [0.15, 0.2) is 12.3 Å². The van der Waals surface area contributed by atoms with Gasteiger partial charge in [0.25, 0.3) is 0 Å². The first-order chi connectivity index (χ1) is 5.72. The molecule has 0 aliphatic heterocycles. The van der Waals surface area contributed by atoms with E-state index in [0.29, 0.717) is 0 Å². The Kier molecular flexibility index (Phi) is 2.33. The zero-order valence-electron chi connectivity index (χ0n) is 6.47. The smallest absolute Gasteiger partial charge is 0.245 e. The molecular formula is C5H8F3NO3S. The second kappa shape index (κ2) is 2.82. The lowest BCUT2D eigenvalue weighted by Crippen LogP contribution is -2.43. The molecule has 0 saturated heterocycles. The third-order valence-corrected chi connectivity index (χ3v) is 2.37. The van der Waals surface area contributed by atoms with Gasteiger partial charge in [-0.1, -0.05) is 0 Å². The minimum atomic E-state index is -4.46. The molecule has 1 aliphatic carbocycles. The third kappa shape index (κ3) is 2.12. The Bertz CT molecular complexity index is 298. The highest BCUT2D eigenvalue weighted by Crippen LogP contribution is 2.52. The first-order valence-corrected chi connectivity index (χ1v) is 4.87. The number of rotatable bonds is 4. The number of nitrogens with two attached hydrogens (primary N) is 1. The highest BCUT2D eigenvalue weighted by molar-refractivity contribution is 7.84. The van der Waals surface area contributed by atoms with Gasteiger partial charge in [0.05, 0.1) is 0 Å². The van der Waals surface area contributed by atoms with Gasteiger partial charge < -0.3 is 0 Å². The predicted octanol–water partition coefficient (Wildman–Crippen LogP) is 0.344. The van der Waals surface area contributed by atoms with E-state index < -0.39 is 28.5 Å². The van der Waals surface area contributed by atoms with Gasteiger partial charge >= 0.3 is 16.2 Å². The molecule has 1 saturated carbocycles. The monoisotopic (exact) mass is 219 g/mol. The van der Waals surface area contributed by atoms with E-state index in [1.165, 1.54) is 0 Å². The van der Waals surface area contributed by atoms with Crippen molar-refractivity contribution < 1.29 is 25.8 Å². The van der Waals surface area contributed by atoms with Gasteiger partial charge in [-0.25, -0.2) is 22.5 Å². The minimum Gasteiger partial charge on any atom is -0.245 e. The molecule has 0 aromatic carbocycles. The molecule has 2 N–H and O–H groups in total. The Morgan fingerprint density at radius 3 is 2.15 bits per heavy atom. The second-order valence-electron chi connectivity index (χ2n) is 2.91. The van der Waals surface area contributed by atoms with Crippen molar-refractivity contribution in [2.45, 2.75) is 24.4 Å². The molecule has 0 spiro atoms.